The van der Waals surface area contributed by atoms with E-state index in [1.165, 1.54) is 6.07 Å². The van der Waals surface area contributed by atoms with Gasteiger partial charge in [0.05, 0.1) is 5.69 Å². The van der Waals surface area contributed by atoms with E-state index in [0.29, 0.717) is 18.7 Å². The van der Waals surface area contributed by atoms with Crippen molar-refractivity contribution in [3.05, 3.63) is 29.3 Å². The van der Waals surface area contributed by atoms with Crippen LogP contribution in [0.2, 0.25) is 0 Å². The Labute approximate surface area is 98.4 Å². The monoisotopic (exact) mass is 229 g/mol. The minimum atomic E-state index is -0.837. The van der Waals surface area contributed by atoms with Crippen molar-refractivity contribution in [2.24, 2.45) is 5.73 Å². The average molecular weight is 229 g/mol. The molecule has 2 N–H and O–H groups in total. The molecule has 1 aromatic carbocycles. The van der Waals surface area contributed by atoms with Gasteiger partial charge in [-0.1, -0.05) is 12.1 Å². The van der Waals surface area contributed by atoms with Gasteiger partial charge < -0.3 is 5.73 Å². The molecule has 0 unspecified atom stereocenters. The standard InChI is InChI=1S/C12H11N3O2/c13-6-8-1-3-10-9(5-8)2-4-11(16)15(10)12(17)7-14/h1,3,5H,2,4,6,13H2. The number of carbonyl (C=O) groups is 2. The number of hydrogen-bond acceptors (Lipinski definition) is 4. The highest BCUT2D eigenvalue weighted by Crippen LogP contribution is 2.28. The summed E-state index contributed by atoms with van der Waals surface area (Å²) < 4.78 is 0. The van der Waals surface area contributed by atoms with Crippen LogP contribution in [0.5, 0.6) is 0 Å². The Kier molecular flexibility index (Phi) is 2.90. The summed E-state index contributed by atoms with van der Waals surface area (Å²) in [7, 11) is 0. The Bertz CT molecular complexity index is 531. The fourth-order valence-corrected chi connectivity index (χ4v) is 1.94. The smallest absolute Gasteiger partial charge is 0.326 e. The molecule has 0 spiro atoms. The summed E-state index contributed by atoms with van der Waals surface area (Å²) in [6.07, 6.45) is 0.825. The number of nitrogens with zero attached hydrogens (tertiary/aromatic N) is 2. The highest BCUT2D eigenvalue weighted by Gasteiger charge is 2.29. The lowest BCUT2D eigenvalue weighted by molar-refractivity contribution is -0.124. The molecule has 0 fully saturated rings. The summed E-state index contributed by atoms with van der Waals surface area (Å²) >= 11 is 0. The van der Waals surface area contributed by atoms with E-state index in [2.05, 4.69) is 0 Å². The van der Waals surface area contributed by atoms with Crippen molar-refractivity contribution >= 4 is 17.5 Å². The topological polar surface area (TPSA) is 87.2 Å². The molecule has 17 heavy (non-hydrogen) atoms. The summed E-state index contributed by atoms with van der Waals surface area (Å²) in [5, 5.41) is 8.62. The normalized spacial score (nSPS) is 14.1. The van der Waals surface area contributed by atoms with E-state index in [4.69, 9.17) is 11.0 Å². The number of imide groups is 1. The molecule has 0 bridgehead atoms. The first-order valence-electron chi connectivity index (χ1n) is 5.26. The zero-order valence-electron chi connectivity index (χ0n) is 9.14. The molecule has 1 aliphatic heterocycles. The highest BCUT2D eigenvalue weighted by atomic mass is 16.2. The summed E-state index contributed by atoms with van der Waals surface area (Å²) in [5.74, 6) is -1.17. The molecule has 5 nitrogen and oxygen atoms in total. The fraction of sp³-hybridized carbons (Fsp3) is 0.250. The SMILES string of the molecule is N#CC(=O)N1C(=O)CCc2cc(CN)ccc21. The van der Waals surface area contributed by atoms with Crippen molar-refractivity contribution in [1.82, 2.24) is 0 Å². The molecule has 1 aliphatic rings. The maximum atomic E-state index is 11.6. The van der Waals surface area contributed by atoms with Gasteiger partial charge in [0, 0.05) is 13.0 Å². The first-order chi connectivity index (χ1) is 8.17. The van der Waals surface area contributed by atoms with Crippen LogP contribution in [0, 0.1) is 11.3 Å². The van der Waals surface area contributed by atoms with Crippen LogP contribution in [0.1, 0.15) is 17.5 Å². The van der Waals surface area contributed by atoms with Crippen molar-refractivity contribution in [1.29, 1.82) is 5.26 Å². The van der Waals surface area contributed by atoms with Crippen LogP contribution in [0.3, 0.4) is 0 Å². The van der Waals surface area contributed by atoms with Gasteiger partial charge >= 0.3 is 5.91 Å². The van der Waals surface area contributed by atoms with Crippen molar-refractivity contribution in [3.8, 4) is 6.07 Å². The van der Waals surface area contributed by atoms with E-state index in [1.807, 2.05) is 6.07 Å². The molecule has 86 valence electrons. The van der Waals surface area contributed by atoms with Crippen molar-refractivity contribution in [2.75, 3.05) is 4.90 Å². The molecule has 5 heteroatoms. The second-order valence-corrected chi connectivity index (χ2v) is 3.81. The van der Waals surface area contributed by atoms with Crippen LogP contribution in [0.15, 0.2) is 18.2 Å². The number of rotatable bonds is 1. The van der Waals surface area contributed by atoms with Crippen LogP contribution >= 0.6 is 0 Å². The first kappa shape index (κ1) is 11.3. The first-order valence-corrected chi connectivity index (χ1v) is 5.26. The van der Waals surface area contributed by atoms with Crippen LogP contribution < -0.4 is 10.6 Å². The van der Waals surface area contributed by atoms with Crippen LogP contribution in [-0.2, 0) is 22.6 Å². The number of hydrogen-bond donors (Lipinski definition) is 1. The summed E-state index contributed by atoms with van der Waals surface area (Å²) in [5.41, 5.74) is 7.87. The Hall–Kier alpha value is -2.19. The minimum Gasteiger partial charge on any atom is -0.326 e. The number of anilines is 1. The van der Waals surface area contributed by atoms with E-state index >= 15 is 0 Å². The molecule has 1 aromatic rings. The van der Waals surface area contributed by atoms with Gasteiger partial charge in [0.2, 0.25) is 5.91 Å². The van der Waals surface area contributed by atoms with Gasteiger partial charge in [0.15, 0.2) is 6.07 Å². The summed E-state index contributed by atoms with van der Waals surface area (Å²) in [6.45, 7) is 0.410. The molecule has 0 saturated heterocycles. The Balaban J connectivity index is 2.49. The van der Waals surface area contributed by atoms with Gasteiger partial charge in [0.25, 0.3) is 0 Å². The van der Waals surface area contributed by atoms with E-state index in [9.17, 15) is 9.59 Å². The minimum absolute atomic E-state index is 0.244. The van der Waals surface area contributed by atoms with Crippen LogP contribution in [0.25, 0.3) is 0 Å². The van der Waals surface area contributed by atoms with E-state index in [1.54, 1.807) is 12.1 Å². The molecule has 2 amide bonds. The average Bonchev–Trinajstić information content (AvgIpc) is 2.37. The van der Waals surface area contributed by atoms with Crippen molar-refractivity contribution in [2.45, 2.75) is 19.4 Å². The lowest BCUT2D eigenvalue weighted by atomic mass is 9.98. The number of nitriles is 1. The Morgan fingerprint density at radius 3 is 2.88 bits per heavy atom. The zero-order chi connectivity index (χ0) is 12.4. The molecule has 0 atom stereocenters. The van der Waals surface area contributed by atoms with Gasteiger partial charge in [-0.15, -0.1) is 0 Å². The lowest BCUT2D eigenvalue weighted by Gasteiger charge is -2.25. The Morgan fingerprint density at radius 2 is 2.24 bits per heavy atom. The van der Waals surface area contributed by atoms with Gasteiger partial charge in [-0.3, -0.25) is 9.59 Å². The lowest BCUT2D eigenvalue weighted by Crippen LogP contribution is -2.39. The molecule has 0 aromatic heterocycles. The Morgan fingerprint density at radius 1 is 1.47 bits per heavy atom. The number of fused-ring (bicyclic) bond motifs is 1. The molecule has 2 rings (SSSR count). The maximum Gasteiger partial charge on any atom is 0.336 e. The van der Waals surface area contributed by atoms with Gasteiger partial charge in [-0.2, -0.15) is 5.26 Å². The molecule has 0 saturated carbocycles. The largest absolute Gasteiger partial charge is 0.336 e. The number of amides is 2. The maximum absolute atomic E-state index is 11.6. The van der Waals surface area contributed by atoms with Crippen LogP contribution in [0.4, 0.5) is 5.69 Å². The molecule has 1 heterocycles. The molecule has 0 aliphatic carbocycles. The van der Waals surface area contributed by atoms with Gasteiger partial charge in [0.1, 0.15) is 0 Å². The summed E-state index contributed by atoms with van der Waals surface area (Å²) in [6, 6.07) is 6.78. The summed E-state index contributed by atoms with van der Waals surface area (Å²) in [4.78, 5) is 24.0. The second-order valence-electron chi connectivity index (χ2n) is 3.81. The van der Waals surface area contributed by atoms with E-state index in [0.717, 1.165) is 16.0 Å². The number of aryl methyl sites for hydroxylation is 1. The van der Waals surface area contributed by atoms with Crippen molar-refractivity contribution in [3.63, 3.8) is 0 Å². The van der Waals surface area contributed by atoms with Gasteiger partial charge in [-0.05, 0) is 23.6 Å². The highest BCUT2D eigenvalue weighted by molar-refractivity contribution is 6.21. The quantitative estimate of drug-likeness (QED) is 0.709. The zero-order valence-corrected chi connectivity index (χ0v) is 9.14. The number of carbonyl (C=O) groups excluding carboxylic acids is 2. The predicted octanol–water partition coefficient (Wildman–Crippen LogP) is 0.475. The third-order valence-corrected chi connectivity index (χ3v) is 2.78. The van der Waals surface area contributed by atoms with E-state index in [-0.39, 0.29) is 12.3 Å². The third kappa shape index (κ3) is 1.90. The molecular formula is C12H11N3O2. The molecular weight excluding hydrogens is 218 g/mol. The third-order valence-electron chi connectivity index (χ3n) is 2.78. The number of benzene rings is 1. The van der Waals surface area contributed by atoms with E-state index < -0.39 is 5.91 Å². The van der Waals surface area contributed by atoms with Gasteiger partial charge in [-0.25, -0.2) is 4.90 Å². The number of nitrogens with two attached hydrogens (primary N) is 1. The van der Waals surface area contributed by atoms with Crippen LogP contribution in [-0.4, -0.2) is 11.8 Å². The fourth-order valence-electron chi connectivity index (χ4n) is 1.94. The second kappa shape index (κ2) is 4.36. The predicted molar refractivity (Wildman–Crippen MR) is 60.8 cm³/mol. The molecule has 0 radical (unpaired) electrons. The van der Waals surface area contributed by atoms with Crippen molar-refractivity contribution < 1.29 is 9.59 Å².